The second-order valence-electron chi connectivity index (χ2n) is 8.32. The first-order valence-electron chi connectivity index (χ1n) is 10.4. The van der Waals surface area contributed by atoms with Crippen LogP contribution < -0.4 is 5.32 Å². The predicted molar refractivity (Wildman–Crippen MR) is 96.7 cm³/mol. The van der Waals surface area contributed by atoms with E-state index in [0.717, 1.165) is 62.6 Å². The van der Waals surface area contributed by atoms with E-state index < -0.39 is 0 Å². The number of nitrogens with one attached hydrogen (secondary N) is 1. The second kappa shape index (κ2) is 9.19. The van der Waals surface area contributed by atoms with Gasteiger partial charge in [-0.15, -0.1) is 0 Å². The number of nitrogens with zero attached hydrogens (tertiary/aromatic N) is 1. The maximum Gasteiger partial charge on any atom is 0.234 e. The number of carbonyl (C=O) groups excluding carboxylic acids is 1. The monoisotopic (exact) mass is 336 g/mol. The van der Waals surface area contributed by atoms with Gasteiger partial charge < -0.3 is 10.4 Å². The van der Waals surface area contributed by atoms with Crippen molar-refractivity contribution in [2.24, 2.45) is 17.8 Å². The van der Waals surface area contributed by atoms with E-state index in [1.807, 2.05) is 0 Å². The number of fused-ring (bicyclic) bond motifs is 1. The van der Waals surface area contributed by atoms with Crippen molar-refractivity contribution in [3.63, 3.8) is 0 Å². The smallest absolute Gasteiger partial charge is 0.234 e. The van der Waals surface area contributed by atoms with Crippen LogP contribution in [0.15, 0.2) is 0 Å². The van der Waals surface area contributed by atoms with E-state index in [0.29, 0.717) is 6.54 Å². The van der Waals surface area contributed by atoms with E-state index in [1.54, 1.807) is 0 Å². The average molecular weight is 337 g/mol. The number of hydrogen-bond donors (Lipinski definition) is 2. The topological polar surface area (TPSA) is 52.6 Å². The van der Waals surface area contributed by atoms with Gasteiger partial charge in [0.15, 0.2) is 0 Å². The van der Waals surface area contributed by atoms with E-state index in [-0.39, 0.29) is 12.5 Å². The molecule has 3 saturated carbocycles. The summed E-state index contributed by atoms with van der Waals surface area (Å²) in [5.41, 5.74) is 0. The maximum absolute atomic E-state index is 12.4. The molecule has 2 unspecified atom stereocenters. The lowest BCUT2D eigenvalue weighted by Gasteiger charge is -2.27. The number of carbonyl (C=O) groups is 1. The van der Waals surface area contributed by atoms with Crippen LogP contribution in [0, 0.1) is 17.8 Å². The van der Waals surface area contributed by atoms with Crippen LogP contribution in [0.25, 0.3) is 0 Å². The van der Waals surface area contributed by atoms with Gasteiger partial charge in [-0.3, -0.25) is 9.69 Å². The Kier molecular flexibility index (Phi) is 6.96. The molecule has 1 amide bonds. The van der Waals surface area contributed by atoms with Gasteiger partial charge in [0.2, 0.25) is 5.91 Å². The fourth-order valence-electron chi connectivity index (χ4n) is 5.20. The number of rotatable bonds is 11. The highest BCUT2D eigenvalue weighted by molar-refractivity contribution is 5.78. The highest BCUT2D eigenvalue weighted by Gasteiger charge is 2.55. The van der Waals surface area contributed by atoms with Gasteiger partial charge >= 0.3 is 0 Å². The summed E-state index contributed by atoms with van der Waals surface area (Å²) in [5, 5.41) is 11.9. The SMILES string of the molecule is O=C(CN(CC1CCCC1)C1C2CCC[C@H]21)NCCCCCCO. The third-order valence-corrected chi connectivity index (χ3v) is 6.50. The Bertz CT molecular complexity index is 385. The van der Waals surface area contributed by atoms with Gasteiger partial charge in [-0.05, 0) is 56.3 Å². The average Bonchev–Trinajstić information content (AvgIpc) is 2.98. The van der Waals surface area contributed by atoms with Crippen molar-refractivity contribution < 1.29 is 9.90 Å². The zero-order valence-corrected chi connectivity index (χ0v) is 15.2. The molecule has 3 atom stereocenters. The van der Waals surface area contributed by atoms with Gasteiger partial charge in [0, 0.05) is 25.7 Å². The van der Waals surface area contributed by atoms with Crippen molar-refractivity contribution in [1.82, 2.24) is 10.2 Å². The Labute approximate surface area is 147 Å². The third kappa shape index (κ3) is 4.95. The molecule has 3 fully saturated rings. The fourth-order valence-corrected chi connectivity index (χ4v) is 5.20. The summed E-state index contributed by atoms with van der Waals surface area (Å²) in [6.45, 7) is 2.84. The largest absolute Gasteiger partial charge is 0.396 e. The van der Waals surface area contributed by atoms with Crippen molar-refractivity contribution in [2.75, 3.05) is 26.2 Å². The van der Waals surface area contributed by atoms with E-state index in [2.05, 4.69) is 10.2 Å². The minimum atomic E-state index is 0.222. The summed E-state index contributed by atoms with van der Waals surface area (Å²) in [6, 6.07) is 0.717. The van der Waals surface area contributed by atoms with E-state index >= 15 is 0 Å². The number of hydrogen-bond acceptors (Lipinski definition) is 3. The van der Waals surface area contributed by atoms with Crippen molar-refractivity contribution in [2.45, 2.75) is 76.7 Å². The second-order valence-corrected chi connectivity index (χ2v) is 8.32. The van der Waals surface area contributed by atoms with Gasteiger partial charge in [-0.2, -0.15) is 0 Å². The molecule has 0 saturated heterocycles. The van der Waals surface area contributed by atoms with E-state index in [1.165, 1.54) is 44.9 Å². The number of amides is 1. The molecule has 138 valence electrons. The normalized spacial score (nSPS) is 29.2. The molecule has 0 aromatic carbocycles. The lowest BCUT2D eigenvalue weighted by atomic mass is 10.1. The van der Waals surface area contributed by atoms with Crippen LogP contribution in [0.3, 0.4) is 0 Å². The van der Waals surface area contributed by atoms with Crippen LogP contribution in [-0.2, 0) is 4.79 Å². The molecule has 0 spiro atoms. The maximum atomic E-state index is 12.4. The number of aliphatic hydroxyl groups is 1. The van der Waals surface area contributed by atoms with Gasteiger partial charge in [0.1, 0.15) is 0 Å². The summed E-state index contributed by atoms with van der Waals surface area (Å²) >= 11 is 0. The Hall–Kier alpha value is -0.610. The molecule has 24 heavy (non-hydrogen) atoms. The molecule has 4 nitrogen and oxygen atoms in total. The summed E-state index contributed by atoms with van der Waals surface area (Å²) in [5.74, 6) is 2.85. The summed E-state index contributed by atoms with van der Waals surface area (Å²) in [4.78, 5) is 14.9. The third-order valence-electron chi connectivity index (χ3n) is 6.50. The summed E-state index contributed by atoms with van der Waals surface area (Å²) in [6.07, 6.45) is 13.8. The molecule has 0 aromatic rings. The molecule has 0 radical (unpaired) electrons. The molecule has 3 aliphatic rings. The predicted octanol–water partition coefficient (Wildman–Crippen LogP) is 2.95. The first kappa shape index (κ1) is 18.2. The van der Waals surface area contributed by atoms with Gasteiger partial charge in [0.05, 0.1) is 6.54 Å². The van der Waals surface area contributed by atoms with Gasteiger partial charge in [-0.1, -0.05) is 32.1 Å². The van der Waals surface area contributed by atoms with Crippen LogP contribution in [0.5, 0.6) is 0 Å². The van der Waals surface area contributed by atoms with E-state index in [4.69, 9.17) is 5.11 Å². The standard InChI is InChI=1S/C20H36N2O2/c23-13-6-2-1-5-12-21-19(24)15-22(14-16-8-3-4-9-16)20-17-10-7-11-18(17)20/h16-18,20,23H,1-15H2,(H,21,24)/t17-,18?,20?/m1/s1. The molecular formula is C20H36N2O2. The van der Waals surface area contributed by atoms with Crippen molar-refractivity contribution in [3.8, 4) is 0 Å². The van der Waals surface area contributed by atoms with Gasteiger partial charge in [0.25, 0.3) is 0 Å². The van der Waals surface area contributed by atoms with E-state index in [9.17, 15) is 4.79 Å². The van der Waals surface area contributed by atoms with Crippen LogP contribution in [0.4, 0.5) is 0 Å². The minimum Gasteiger partial charge on any atom is -0.396 e. The molecule has 2 N–H and O–H groups in total. The fraction of sp³-hybridized carbons (Fsp3) is 0.950. The molecule has 0 aromatic heterocycles. The lowest BCUT2D eigenvalue weighted by Crippen LogP contribution is -2.42. The number of unbranched alkanes of at least 4 members (excludes halogenated alkanes) is 3. The van der Waals surface area contributed by atoms with Crippen molar-refractivity contribution >= 4 is 5.91 Å². The van der Waals surface area contributed by atoms with Crippen LogP contribution >= 0.6 is 0 Å². The first-order valence-corrected chi connectivity index (χ1v) is 10.4. The molecular weight excluding hydrogens is 300 g/mol. The van der Waals surface area contributed by atoms with Gasteiger partial charge in [-0.25, -0.2) is 0 Å². The molecule has 0 heterocycles. The summed E-state index contributed by atoms with van der Waals surface area (Å²) < 4.78 is 0. The van der Waals surface area contributed by atoms with Crippen molar-refractivity contribution in [1.29, 1.82) is 0 Å². The van der Waals surface area contributed by atoms with Crippen LogP contribution in [0.1, 0.15) is 70.6 Å². The number of aliphatic hydroxyl groups excluding tert-OH is 1. The van der Waals surface area contributed by atoms with Crippen LogP contribution in [0.2, 0.25) is 0 Å². The molecule has 3 aliphatic carbocycles. The van der Waals surface area contributed by atoms with Crippen molar-refractivity contribution in [3.05, 3.63) is 0 Å². The Morgan fingerprint density at radius 3 is 2.38 bits per heavy atom. The summed E-state index contributed by atoms with van der Waals surface area (Å²) in [7, 11) is 0. The van der Waals surface area contributed by atoms with Crippen LogP contribution in [-0.4, -0.2) is 48.2 Å². The Balaban J connectivity index is 1.39. The zero-order chi connectivity index (χ0) is 16.8. The lowest BCUT2D eigenvalue weighted by molar-refractivity contribution is -0.122. The zero-order valence-electron chi connectivity index (χ0n) is 15.2. The highest BCUT2D eigenvalue weighted by Crippen LogP contribution is 2.55. The Morgan fingerprint density at radius 1 is 0.958 bits per heavy atom. The molecule has 0 aliphatic heterocycles. The highest BCUT2D eigenvalue weighted by atomic mass is 16.2. The Morgan fingerprint density at radius 2 is 1.67 bits per heavy atom. The molecule has 3 rings (SSSR count). The quantitative estimate of drug-likeness (QED) is 0.570. The first-order chi connectivity index (χ1) is 11.8. The molecule has 0 bridgehead atoms. The molecule has 4 heteroatoms. The minimum absolute atomic E-state index is 0.222.